The second-order valence-electron chi connectivity index (χ2n) is 14.3. The normalized spacial score (nSPS) is 39.5. The van der Waals surface area contributed by atoms with Gasteiger partial charge >= 0.3 is 0 Å². The fourth-order valence-corrected chi connectivity index (χ4v) is 10.3. The lowest BCUT2D eigenvalue weighted by molar-refractivity contribution is -0.114. The van der Waals surface area contributed by atoms with Crippen LogP contribution in [0.25, 0.3) is 0 Å². The number of nitrogen functional groups attached to an aromatic ring is 2. The number of hydrogen-bond donors (Lipinski definition) is 2. The summed E-state index contributed by atoms with van der Waals surface area (Å²) in [5, 5.41) is 0. The van der Waals surface area contributed by atoms with Gasteiger partial charge in [-0.2, -0.15) is 0 Å². The monoisotopic (exact) mass is 494 g/mol. The molecule has 0 heterocycles. The number of ether oxygens (including phenoxy) is 1. The molecule has 36 heavy (non-hydrogen) atoms. The molecule has 3 unspecified atom stereocenters. The van der Waals surface area contributed by atoms with Crippen molar-refractivity contribution in [2.45, 2.75) is 111 Å². The molecule has 0 spiro atoms. The quantitative estimate of drug-likeness (QED) is 0.355. The molecule has 4 fully saturated rings. The molecule has 0 radical (unpaired) electrons. The molecule has 3 nitrogen and oxygen atoms in total. The number of anilines is 2. The molecule has 1 aromatic carbocycles. The minimum atomic E-state index is 0.544. The van der Waals surface area contributed by atoms with Crippen LogP contribution in [0.5, 0.6) is 5.75 Å². The Morgan fingerprint density at radius 3 is 2.50 bits per heavy atom. The highest BCUT2D eigenvalue weighted by molar-refractivity contribution is 5.60. The van der Waals surface area contributed by atoms with Crippen molar-refractivity contribution in [2.75, 3.05) is 18.1 Å². The van der Waals surface area contributed by atoms with Gasteiger partial charge in [0.1, 0.15) is 5.75 Å². The highest BCUT2D eigenvalue weighted by atomic mass is 16.5. The van der Waals surface area contributed by atoms with Crippen LogP contribution in [0.3, 0.4) is 0 Å². The SMILES string of the molecule is CC(CCCC(C)[C@H]1CC[C@H]2[C@@H]3CCC4CCCC[C@]4(C)[C@H]3CC[C@]12C)COc1ccc(N)cc1N. The van der Waals surface area contributed by atoms with E-state index < -0.39 is 0 Å². The molecule has 4 saturated carbocycles. The lowest BCUT2D eigenvalue weighted by Crippen LogP contribution is -2.53. The zero-order chi connectivity index (χ0) is 25.5. The lowest BCUT2D eigenvalue weighted by Gasteiger charge is -2.61. The molecule has 5 rings (SSSR count). The van der Waals surface area contributed by atoms with E-state index in [1.165, 1.54) is 77.0 Å². The van der Waals surface area contributed by atoms with Gasteiger partial charge < -0.3 is 16.2 Å². The summed E-state index contributed by atoms with van der Waals surface area (Å²) < 4.78 is 6.01. The standard InChI is InChI=1S/C33H54N2O/c1-22(21-36-31-16-12-25(34)20-30(31)35)8-7-9-23(2)27-14-15-28-26-13-11-24-10-5-6-18-32(24,3)29(26)17-19-33(27,28)4/h12,16,20,22-24,26-29H,5-11,13-15,17-19,21,34-35H2,1-4H3/t22?,23?,24?,26-,27+,28-,29-,32-,33+/m0/s1. The Balaban J connectivity index is 1.12. The van der Waals surface area contributed by atoms with E-state index in [1.54, 1.807) is 12.5 Å². The van der Waals surface area contributed by atoms with Crippen LogP contribution < -0.4 is 16.2 Å². The molecule has 1 aromatic rings. The Kier molecular flexibility index (Phi) is 7.59. The maximum atomic E-state index is 6.06. The van der Waals surface area contributed by atoms with E-state index in [0.29, 0.717) is 28.1 Å². The van der Waals surface area contributed by atoms with E-state index in [2.05, 4.69) is 27.7 Å². The van der Waals surface area contributed by atoms with E-state index >= 15 is 0 Å². The summed E-state index contributed by atoms with van der Waals surface area (Å²) in [6, 6.07) is 5.54. The second kappa shape index (κ2) is 10.4. The Labute approximate surface area is 221 Å². The molecule has 0 saturated heterocycles. The predicted molar refractivity (Wildman–Crippen MR) is 153 cm³/mol. The fraction of sp³-hybridized carbons (Fsp3) is 0.818. The molecule has 9 atom stereocenters. The van der Waals surface area contributed by atoms with Gasteiger partial charge in [-0.15, -0.1) is 0 Å². The predicted octanol–water partition coefficient (Wildman–Crippen LogP) is 8.72. The maximum absolute atomic E-state index is 6.06. The zero-order valence-corrected chi connectivity index (χ0v) is 23.7. The van der Waals surface area contributed by atoms with Gasteiger partial charge in [-0.25, -0.2) is 0 Å². The van der Waals surface area contributed by atoms with Gasteiger partial charge in [-0.1, -0.05) is 53.4 Å². The van der Waals surface area contributed by atoms with Crippen molar-refractivity contribution in [1.29, 1.82) is 0 Å². The number of hydrogen-bond acceptors (Lipinski definition) is 3. The molecule has 4 N–H and O–H groups in total. The number of benzene rings is 1. The third-order valence-corrected chi connectivity index (χ3v) is 12.3. The first kappa shape index (κ1) is 26.2. The van der Waals surface area contributed by atoms with E-state index in [4.69, 9.17) is 16.2 Å². The van der Waals surface area contributed by atoms with Crippen LogP contribution in [0.2, 0.25) is 0 Å². The summed E-state index contributed by atoms with van der Waals surface area (Å²) in [5.41, 5.74) is 14.5. The number of rotatable bonds is 8. The summed E-state index contributed by atoms with van der Waals surface area (Å²) >= 11 is 0. The molecule has 0 bridgehead atoms. The van der Waals surface area contributed by atoms with Gasteiger partial charge in [-0.3, -0.25) is 0 Å². The minimum absolute atomic E-state index is 0.544. The molecule has 202 valence electrons. The summed E-state index contributed by atoms with van der Waals surface area (Å²) in [5.74, 6) is 7.18. The summed E-state index contributed by atoms with van der Waals surface area (Å²) in [6.45, 7) is 11.1. The number of nitrogens with two attached hydrogens (primary N) is 2. The average Bonchev–Trinajstić information content (AvgIpc) is 3.20. The molecule has 0 amide bonds. The van der Waals surface area contributed by atoms with Crippen LogP contribution in [0.4, 0.5) is 11.4 Å². The molecule has 4 aliphatic rings. The highest BCUT2D eigenvalue weighted by Crippen LogP contribution is 2.68. The number of fused-ring (bicyclic) bond motifs is 5. The highest BCUT2D eigenvalue weighted by Gasteiger charge is 2.60. The zero-order valence-electron chi connectivity index (χ0n) is 23.7. The Bertz CT molecular complexity index is 900. The van der Waals surface area contributed by atoms with E-state index in [-0.39, 0.29) is 0 Å². The lowest BCUT2D eigenvalue weighted by atomic mass is 9.44. The Morgan fingerprint density at radius 2 is 1.69 bits per heavy atom. The topological polar surface area (TPSA) is 61.3 Å². The first-order chi connectivity index (χ1) is 17.2. The Hall–Kier alpha value is -1.38. The van der Waals surface area contributed by atoms with Crippen molar-refractivity contribution in [3.63, 3.8) is 0 Å². The molecule has 0 aliphatic heterocycles. The van der Waals surface area contributed by atoms with Crippen LogP contribution in [0, 0.1) is 52.3 Å². The van der Waals surface area contributed by atoms with Crippen molar-refractivity contribution in [3.05, 3.63) is 18.2 Å². The van der Waals surface area contributed by atoms with Gasteiger partial charge in [-0.05, 0) is 128 Å². The van der Waals surface area contributed by atoms with E-state index in [1.807, 2.05) is 12.1 Å². The van der Waals surface area contributed by atoms with Crippen LogP contribution in [0.1, 0.15) is 111 Å². The molecule has 3 heteroatoms. The summed E-state index contributed by atoms with van der Waals surface area (Å²) in [4.78, 5) is 0. The van der Waals surface area contributed by atoms with Gasteiger partial charge in [0.25, 0.3) is 0 Å². The third-order valence-electron chi connectivity index (χ3n) is 12.3. The Morgan fingerprint density at radius 1 is 0.889 bits per heavy atom. The molecule has 4 aliphatic carbocycles. The molecular weight excluding hydrogens is 440 g/mol. The van der Waals surface area contributed by atoms with Crippen LogP contribution in [0.15, 0.2) is 18.2 Å². The molecule has 0 aromatic heterocycles. The van der Waals surface area contributed by atoms with Crippen LogP contribution in [-0.4, -0.2) is 6.61 Å². The van der Waals surface area contributed by atoms with Crippen molar-refractivity contribution >= 4 is 11.4 Å². The summed E-state index contributed by atoms with van der Waals surface area (Å²) in [7, 11) is 0. The first-order valence-electron chi connectivity index (χ1n) is 15.5. The first-order valence-corrected chi connectivity index (χ1v) is 15.5. The summed E-state index contributed by atoms with van der Waals surface area (Å²) in [6.07, 6.45) is 19.1. The van der Waals surface area contributed by atoms with Crippen molar-refractivity contribution in [3.8, 4) is 5.75 Å². The molecular formula is C33H54N2O. The smallest absolute Gasteiger partial charge is 0.142 e. The van der Waals surface area contributed by atoms with E-state index in [0.717, 1.165) is 47.9 Å². The maximum Gasteiger partial charge on any atom is 0.142 e. The van der Waals surface area contributed by atoms with Crippen molar-refractivity contribution in [1.82, 2.24) is 0 Å². The fourth-order valence-electron chi connectivity index (χ4n) is 10.3. The van der Waals surface area contributed by atoms with Gasteiger partial charge in [0.05, 0.1) is 12.3 Å². The van der Waals surface area contributed by atoms with Crippen LogP contribution >= 0.6 is 0 Å². The van der Waals surface area contributed by atoms with Gasteiger partial charge in [0.15, 0.2) is 0 Å². The van der Waals surface area contributed by atoms with Gasteiger partial charge in [0, 0.05) is 5.69 Å². The van der Waals surface area contributed by atoms with Crippen LogP contribution in [-0.2, 0) is 0 Å². The van der Waals surface area contributed by atoms with Gasteiger partial charge in [0.2, 0.25) is 0 Å². The third kappa shape index (κ3) is 4.78. The van der Waals surface area contributed by atoms with E-state index in [9.17, 15) is 0 Å². The largest absolute Gasteiger partial charge is 0.491 e. The minimum Gasteiger partial charge on any atom is -0.491 e. The van der Waals surface area contributed by atoms with Crippen molar-refractivity contribution < 1.29 is 4.74 Å². The average molecular weight is 495 g/mol. The second-order valence-corrected chi connectivity index (χ2v) is 14.3. The van der Waals surface area contributed by atoms with Crippen molar-refractivity contribution in [2.24, 2.45) is 52.3 Å².